The minimum atomic E-state index is 0.480. The second kappa shape index (κ2) is 5.33. The van der Waals surface area contributed by atoms with Gasteiger partial charge in [-0.15, -0.1) is 0 Å². The summed E-state index contributed by atoms with van der Waals surface area (Å²) in [6.07, 6.45) is 0. The van der Waals surface area contributed by atoms with Gasteiger partial charge in [-0.3, -0.25) is 0 Å². The van der Waals surface area contributed by atoms with E-state index in [1.165, 1.54) is 0 Å². The van der Waals surface area contributed by atoms with Crippen LogP contribution in [0.25, 0.3) is 0 Å². The highest BCUT2D eigenvalue weighted by molar-refractivity contribution is 9.10. The van der Waals surface area contributed by atoms with Gasteiger partial charge in [-0.25, -0.2) is 0 Å². The van der Waals surface area contributed by atoms with E-state index in [0.29, 0.717) is 22.7 Å². The highest BCUT2D eigenvalue weighted by Crippen LogP contribution is 2.31. The summed E-state index contributed by atoms with van der Waals surface area (Å²) in [6, 6.07) is 11.2. The number of halogens is 1. The molecule has 2 N–H and O–H groups in total. The van der Waals surface area contributed by atoms with Gasteiger partial charge in [0.05, 0.1) is 5.56 Å². The molecule has 0 radical (unpaired) electrons. The van der Waals surface area contributed by atoms with Crippen LogP contribution in [-0.4, -0.2) is 0 Å². The number of anilines is 1. The molecule has 3 nitrogen and oxygen atoms in total. The van der Waals surface area contributed by atoms with Crippen LogP contribution < -0.4 is 10.5 Å². The zero-order valence-electron chi connectivity index (χ0n) is 10.7. The smallest absolute Gasteiger partial charge is 0.145 e. The third-order valence-electron chi connectivity index (χ3n) is 2.85. The highest BCUT2D eigenvalue weighted by atomic mass is 79.9. The maximum Gasteiger partial charge on any atom is 0.145 e. The monoisotopic (exact) mass is 316 g/mol. The van der Waals surface area contributed by atoms with E-state index in [1.54, 1.807) is 18.2 Å². The molecule has 0 aliphatic rings. The van der Waals surface area contributed by atoms with Crippen molar-refractivity contribution in [3.8, 4) is 17.6 Å². The lowest BCUT2D eigenvalue weighted by Gasteiger charge is -2.12. The Kier molecular flexibility index (Phi) is 3.77. The fourth-order valence-electron chi connectivity index (χ4n) is 1.76. The van der Waals surface area contributed by atoms with Gasteiger partial charge in [-0.2, -0.15) is 5.26 Å². The lowest BCUT2D eigenvalue weighted by molar-refractivity contribution is 0.477. The van der Waals surface area contributed by atoms with Crippen LogP contribution in [0.2, 0.25) is 0 Å². The van der Waals surface area contributed by atoms with Gasteiger partial charge in [0.1, 0.15) is 17.6 Å². The maximum atomic E-state index is 9.11. The predicted molar refractivity (Wildman–Crippen MR) is 79.3 cm³/mol. The summed E-state index contributed by atoms with van der Waals surface area (Å²) in [6.45, 7) is 3.90. The molecule has 0 saturated heterocycles. The zero-order chi connectivity index (χ0) is 14.0. The van der Waals surface area contributed by atoms with E-state index in [-0.39, 0.29) is 0 Å². The number of nitrogens with two attached hydrogens (primary N) is 1. The molecule has 2 rings (SSSR count). The molecule has 0 saturated carbocycles. The van der Waals surface area contributed by atoms with Crippen molar-refractivity contribution in [2.24, 2.45) is 0 Å². The quantitative estimate of drug-likeness (QED) is 0.840. The van der Waals surface area contributed by atoms with Gasteiger partial charge in [0.15, 0.2) is 0 Å². The van der Waals surface area contributed by atoms with Crippen LogP contribution in [0.1, 0.15) is 16.7 Å². The molecule has 4 heteroatoms. The molecule has 2 aromatic rings. The van der Waals surface area contributed by atoms with E-state index in [2.05, 4.69) is 22.0 Å². The molecule has 0 aliphatic heterocycles. The van der Waals surface area contributed by atoms with Crippen LogP contribution in [-0.2, 0) is 0 Å². The molecule has 0 heterocycles. The topological polar surface area (TPSA) is 59.0 Å². The van der Waals surface area contributed by atoms with E-state index >= 15 is 0 Å². The Hall–Kier alpha value is -1.99. The number of aryl methyl sites for hydroxylation is 2. The first-order valence-electron chi connectivity index (χ1n) is 5.75. The number of nitriles is 1. The fraction of sp³-hybridized carbons (Fsp3) is 0.133. The predicted octanol–water partition coefficient (Wildman–Crippen LogP) is 4.31. The number of ether oxygens (including phenoxy) is 1. The summed E-state index contributed by atoms with van der Waals surface area (Å²) in [5, 5.41) is 9.11. The van der Waals surface area contributed by atoms with E-state index in [1.807, 2.05) is 26.0 Å². The third kappa shape index (κ3) is 2.88. The van der Waals surface area contributed by atoms with Crippen LogP contribution in [0, 0.1) is 25.2 Å². The second-order valence-electron chi connectivity index (χ2n) is 4.33. The van der Waals surface area contributed by atoms with Crippen molar-refractivity contribution in [3.63, 3.8) is 0 Å². The lowest BCUT2D eigenvalue weighted by atomic mass is 10.1. The summed E-state index contributed by atoms with van der Waals surface area (Å²) in [5.74, 6) is 1.19. The molecule has 0 bridgehead atoms. The van der Waals surface area contributed by atoms with Crippen LogP contribution in [0.4, 0.5) is 5.69 Å². The van der Waals surface area contributed by atoms with Crippen LogP contribution in [0.15, 0.2) is 34.8 Å². The highest BCUT2D eigenvalue weighted by Gasteiger charge is 2.09. The van der Waals surface area contributed by atoms with Gasteiger partial charge in [-0.05, 0) is 43.2 Å². The Morgan fingerprint density at radius 1 is 1.11 bits per heavy atom. The molecule has 0 atom stereocenters. The van der Waals surface area contributed by atoms with Gasteiger partial charge in [0.2, 0.25) is 0 Å². The fourth-order valence-corrected chi connectivity index (χ4v) is 2.12. The number of rotatable bonds is 2. The lowest BCUT2D eigenvalue weighted by Crippen LogP contribution is -1.95. The van der Waals surface area contributed by atoms with Gasteiger partial charge >= 0.3 is 0 Å². The third-order valence-corrected chi connectivity index (χ3v) is 3.34. The molecule has 0 aromatic heterocycles. The van der Waals surface area contributed by atoms with Crippen LogP contribution in [0.3, 0.4) is 0 Å². The summed E-state index contributed by atoms with van der Waals surface area (Å²) >= 11 is 3.33. The summed E-state index contributed by atoms with van der Waals surface area (Å²) in [4.78, 5) is 0. The second-order valence-corrected chi connectivity index (χ2v) is 5.24. The molecule has 96 valence electrons. The summed E-state index contributed by atoms with van der Waals surface area (Å²) < 4.78 is 6.64. The van der Waals surface area contributed by atoms with Crippen molar-refractivity contribution in [2.45, 2.75) is 13.8 Å². The van der Waals surface area contributed by atoms with Gasteiger partial charge in [-0.1, -0.05) is 22.0 Å². The van der Waals surface area contributed by atoms with Crippen molar-refractivity contribution < 1.29 is 4.74 Å². The number of hydrogen-bond donors (Lipinski definition) is 1. The SMILES string of the molecule is Cc1cc(C)c(Oc2ccc(Br)cc2C#N)cc1N. The Balaban J connectivity index is 2.42. The van der Waals surface area contributed by atoms with Crippen molar-refractivity contribution in [1.82, 2.24) is 0 Å². The number of nitrogens with zero attached hydrogens (tertiary/aromatic N) is 1. The largest absolute Gasteiger partial charge is 0.456 e. The molecular formula is C15H13BrN2O. The van der Waals surface area contributed by atoms with Gasteiger partial charge in [0.25, 0.3) is 0 Å². The maximum absolute atomic E-state index is 9.11. The Labute approximate surface area is 120 Å². The number of hydrogen-bond acceptors (Lipinski definition) is 3. The Bertz CT molecular complexity index is 675. The van der Waals surface area contributed by atoms with Crippen LogP contribution >= 0.6 is 15.9 Å². The van der Waals surface area contributed by atoms with Gasteiger partial charge in [0, 0.05) is 16.2 Å². The minimum absolute atomic E-state index is 0.480. The molecule has 0 aliphatic carbocycles. The standard InChI is InChI=1S/C15H13BrN2O/c1-9-5-10(2)15(7-13(9)18)19-14-4-3-12(16)6-11(14)8-17/h3-7H,18H2,1-2H3. The molecule has 0 unspecified atom stereocenters. The minimum Gasteiger partial charge on any atom is -0.456 e. The van der Waals surface area contributed by atoms with Crippen molar-refractivity contribution in [3.05, 3.63) is 51.5 Å². The molecule has 0 spiro atoms. The Morgan fingerprint density at radius 2 is 1.84 bits per heavy atom. The van der Waals surface area contributed by atoms with E-state index in [4.69, 9.17) is 15.7 Å². The van der Waals surface area contributed by atoms with Gasteiger partial charge < -0.3 is 10.5 Å². The average Bonchev–Trinajstić information content (AvgIpc) is 2.37. The summed E-state index contributed by atoms with van der Waals surface area (Å²) in [5.41, 5.74) is 9.04. The Morgan fingerprint density at radius 3 is 2.53 bits per heavy atom. The van der Waals surface area contributed by atoms with E-state index in [0.717, 1.165) is 15.6 Å². The number of nitrogen functional groups attached to an aromatic ring is 1. The first kappa shape index (κ1) is 13.4. The molecule has 2 aromatic carbocycles. The van der Waals surface area contributed by atoms with Crippen LogP contribution in [0.5, 0.6) is 11.5 Å². The zero-order valence-corrected chi connectivity index (χ0v) is 12.3. The molecule has 0 amide bonds. The normalized spacial score (nSPS) is 10.0. The van der Waals surface area contributed by atoms with E-state index < -0.39 is 0 Å². The number of benzene rings is 2. The van der Waals surface area contributed by atoms with E-state index in [9.17, 15) is 0 Å². The first-order chi connectivity index (χ1) is 9.01. The average molecular weight is 317 g/mol. The first-order valence-corrected chi connectivity index (χ1v) is 6.55. The van der Waals surface area contributed by atoms with Crippen molar-refractivity contribution >= 4 is 21.6 Å². The van der Waals surface area contributed by atoms with Crippen molar-refractivity contribution in [2.75, 3.05) is 5.73 Å². The molecular weight excluding hydrogens is 304 g/mol. The van der Waals surface area contributed by atoms with Crippen molar-refractivity contribution in [1.29, 1.82) is 5.26 Å². The summed E-state index contributed by atoms with van der Waals surface area (Å²) in [7, 11) is 0. The molecule has 0 fully saturated rings. The molecule has 19 heavy (non-hydrogen) atoms.